The zero-order valence-corrected chi connectivity index (χ0v) is 12.8. The van der Waals surface area contributed by atoms with Crippen LogP contribution >= 0.6 is 0 Å². The second kappa shape index (κ2) is 6.53. The van der Waals surface area contributed by atoms with Crippen LogP contribution in [0.5, 0.6) is 0 Å². The van der Waals surface area contributed by atoms with Crippen molar-refractivity contribution in [3.63, 3.8) is 0 Å². The van der Waals surface area contributed by atoms with Gasteiger partial charge in [-0.15, -0.1) is 0 Å². The minimum absolute atomic E-state index is 0.478. The van der Waals surface area contributed by atoms with Crippen LogP contribution in [0.2, 0.25) is 0 Å². The minimum Gasteiger partial charge on any atom is -0.316 e. The minimum atomic E-state index is 0.478. The molecule has 0 aromatic heterocycles. The van der Waals surface area contributed by atoms with Gasteiger partial charge in [-0.25, -0.2) is 0 Å². The maximum absolute atomic E-state index is 3.56. The van der Waals surface area contributed by atoms with Crippen molar-refractivity contribution in [2.75, 3.05) is 20.1 Å². The Kier molecular flexibility index (Phi) is 5.00. The first kappa shape index (κ1) is 14.5. The molecule has 1 heterocycles. The molecule has 0 aliphatic carbocycles. The Morgan fingerprint density at radius 3 is 2.68 bits per heavy atom. The summed E-state index contributed by atoms with van der Waals surface area (Å²) in [5.74, 6) is 1.31. The normalized spacial score (nSPS) is 21.6. The first-order chi connectivity index (χ1) is 9.13. The summed E-state index contributed by atoms with van der Waals surface area (Å²) in [4.78, 5) is 0. The van der Waals surface area contributed by atoms with Gasteiger partial charge in [0.15, 0.2) is 0 Å². The van der Waals surface area contributed by atoms with Crippen molar-refractivity contribution in [2.45, 2.75) is 45.6 Å². The molecule has 0 bridgehead atoms. The van der Waals surface area contributed by atoms with E-state index in [2.05, 4.69) is 56.7 Å². The predicted molar refractivity (Wildman–Crippen MR) is 82.7 cm³/mol. The molecule has 2 nitrogen and oxygen atoms in total. The van der Waals surface area contributed by atoms with Gasteiger partial charge in [0.2, 0.25) is 0 Å². The van der Waals surface area contributed by atoms with Crippen molar-refractivity contribution in [1.82, 2.24) is 10.6 Å². The molecule has 1 aromatic carbocycles. The third-order valence-electron chi connectivity index (χ3n) is 4.42. The molecule has 106 valence electrons. The van der Waals surface area contributed by atoms with Crippen molar-refractivity contribution in [1.29, 1.82) is 0 Å². The standard InChI is InChI=1S/C17H28N2/c1-12(2)14-8-7-13(3)16(10-14)17(18-4)15-6-5-9-19-11-15/h7-8,10,12,15,17-19H,5-6,9,11H2,1-4H3. The summed E-state index contributed by atoms with van der Waals surface area (Å²) in [5.41, 5.74) is 4.35. The van der Waals surface area contributed by atoms with E-state index >= 15 is 0 Å². The Morgan fingerprint density at radius 1 is 1.32 bits per heavy atom. The van der Waals surface area contributed by atoms with E-state index in [1.54, 1.807) is 0 Å². The summed E-state index contributed by atoms with van der Waals surface area (Å²) in [7, 11) is 2.10. The molecule has 2 atom stereocenters. The SMILES string of the molecule is CNC(c1cc(C(C)C)ccc1C)C1CCCNC1. The molecule has 2 rings (SSSR count). The molecule has 0 radical (unpaired) electrons. The molecule has 0 spiro atoms. The fourth-order valence-electron chi connectivity index (χ4n) is 3.16. The van der Waals surface area contributed by atoms with E-state index in [0.717, 1.165) is 6.54 Å². The van der Waals surface area contributed by atoms with Crippen molar-refractivity contribution >= 4 is 0 Å². The second-order valence-corrected chi connectivity index (χ2v) is 6.14. The van der Waals surface area contributed by atoms with Crippen molar-refractivity contribution < 1.29 is 0 Å². The molecule has 1 saturated heterocycles. The molecule has 1 aliphatic rings. The summed E-state index contributed by atoms with van der Waals surface area (Å²) in [6.07, 6.45) is 2.62. The van der Waals surface area contributed by atoms with Gasteiger partial charge in [-0.2, -0.15) is 0 Å². The summed E-state index contributed by atoms with van der Waals surface area (Å²) < 4.78 is 0. The van der Waals surface area contributed by atoms with Gasteiger partial charge in [0.1, 0.15) is 0 Å². The van der Waals surface area contributed by atoms with Gasteiger partial charge in [0.25, 0.3) is 0 Å². The number of hydrogen-bond donors (Lipinski definition) is 2. The van der Waals surface area contributed by atoms with Crippen molar-refractivity contribution in [3.8, 4) is 0 Å². The Morgan fingerprint density at radius 2 is 2.11 bits per heavy atom. The lowest BCUT2D eigenvalue weighted by Gasteiger charge is -2.32. The van der Waals surface area contributed by atoms with Gasteiger partial charge < -0.3 is 10.6 Å². The fraction of sp³-hybridized carbons (Fsp3) is 0.647. The average molecular weight is 260 g/mol. The molecule has 19 heavy (non-hydrogen) atoms. The third kappa shape index (κ3) is 3.37. The van der Waals surface area contributed by atoms with Crippen LogP contribution in [0.3, 0.4) is 0 Å². The van der Waals surface area contributed by atoms with E-state index in [4.69, 9.17) is 0 Å². The first-order valence-corrected chi connectivity index (χ1v) is 7.62. The van der Waals surface area contributed by atoms with Gasteiger partial charge >= 0.3 is 0 Å². The number of aryl methyl sites for hydroxylation is 1. The van der Waals surface area contributed by atoms with Crippen LogP contribution in [0.4, 0.5) is 0 Å². The molecule has 0 amide bonds. The third-order valence-corrected chi connectivity index (χ3v) is 4.42. The highest BCUT2D eigenvalue weighted by Crippen LogP contribution is 2.31. The summed E-state index contributed by atoms with van der Waals surface area (Å²) in [6.45, 7) is 9.09. The Balaban J connectivity index is 2.28. The highest BCUT2D eigenvalue weighted by atomic mass is 14.9. The smallest absolute Gasteiger partial charge is 0.0361 e. The fourth-order valence-corrected chi connectivity index (χ4v) is 3.16. The second-order valence-electron chi connectivity index (χ2n) is 6.14. The number of hydrogen-bond acceptors (Lipinski definition) is 2. The zero-order chi connectivity index (χ0) is 13.8. The molecule has 0 saturated carbocycles. The lowest BCUT2D eigenvalue weighted by atomic mass is 9.84. The van der Waals surface area contributed by atoms with E-state index in [9.17, 15) is 0 Å². The van der Waals surface area contributed by atoms with Gasteiger partial charge in [-0.3, -0.25) is 0 Å². The summed E-state index contributed by atoms with van der Waals surface area (Å²) >= 11 is 0. The first-order valence-electron chi connectivity index (χ1n) is 7.62. The molecule has 2 heteroatoms. The molecular formula is C17H28N2. The van der Waals surface area contributed by atoms with E-state index in [1.165, 1.54) is 36.1 Å². The van der Waals surface area contributed by atoms with Crippen molar-refractivity contribution in [3.05, 3.63) is 34.9 Å². The Labute approximate surface area is 118 Å². The lowest BCUT2D eigenvalue weighted by molar-refractivity contribution is 0.297. The average Bonchev–Trinajstić information content (AvgIpc) is 2.42. The Hall–Kier alpha value is -0.860. The molecule has 2 N–H and O–H groups in total. The molecule has 2 unspecified atom stereocenters. The molecular weight excluding hydrogens is 232 g/mol. The van der Waals surface area contributed by atoms with Crippen LogP contribution < -0.4 is 10.6 Å². The largest absolute Gasteiger partial charge is 0.316 e. The van der Waals surface area contributed by atoms with Crippen molar-refractivity contribution in [2.24, 2.45) is 5.92 Å². The van der Waals surface area contributed by atoms with Gasteiger partial charge in [0, 0.05) is 6.04 Å². The lowest BCUT2D eigenvalue weighted by Crippen LogP contribution is -2.37. The summed E-state index contributed by atoms with van der Waals surface area (Å²) in [5, 5.41) is 7.09. The van der Waals surface area contributed by atoms with E-state index < -0.39 is 0 Å². The molecule has 1 aliphatic heterocycles. The number of nitrogens with one attached hydrogen (secondary N) is 2. The number of rotatable bonds is 4. The van der Waals surface area contributed by atoms with Gasteiger partial charge in [0.05, 0.1) is 0 Å². The van der Waals surface area contributed by atoms with Crippen LogP contribution in [0, 0.1) is 12.8 Å². The van der Waals surface area contributed by atoms with Crippen LogP contribution in [-0.4, -0.2) is 20.1 Å². The monoisotopic (exact) mass is 260 g/mol. The maximum atomic E-state index is 3.56. The zero-order valence-electron chi connectivity index (χ0n) is 12.8. The topological polar surface area (TPSA) is 24.1 Å². The van der Waals surface area contributed by atoms with Gasteiger partial charge in [-0.05, 0) is 68.4 Å². The quantitative estimate of drug-likeness (QED) is 0.867. The molecule has 1 fully saturated rings. The summed E-state index contributed by atoms with van der Waals surface area (Å²) in [6, 6.07) is 7.45. The van der Waals surface area contributed by atoms with Crippen LogP contribution in [-0.2, 0) is 0 Å². The highest BCUT2D eigenvalue weighted by Gasteiger charge is 2.25. The van der Waals surface area contributed by atoms with Crippen LogP contribution in [0.15, 0.2) is 18.2 Å². The maximum Gasteiger partial charge on any atom is 0.0361 e. The van der Waals surface area contributed by atoms with E-state index in [-0.39, 0.29) is 0 Å². The number of benzene rings is 1. The predicted octanol–water partition coefficient (Wildman–Crippen LogP) is 3.38. The molecule has 1 aromatic rings. The highest BCUT2D eigenvalue weighted by molar-refractivity contribution is 5.35. The van der Waals surface area contributed by atoms with Gasteiger partial charge in [-0.1, -0.05) is 32.0 Å². The van der Waals surface area contributed by atoms with E-state index in [1.807, 2.05) is 0 Å². The van der Waals surface area contributed by atoms with Crippen LogP contribution in [0.25, 0.3) is 0 Å². The number of piperidine rings is 1. The Bertz CT molecular complexity index is 406. The van der Waals surface area contributed by atoms with E-state index in [0.29, 0.717) is 17.9 Å². The van der Waals surface area contributed by atoms with Crippen LogP contribution in [0.1, 0.15) is 55.3 Å².